The minimum Gasteiger partial charge on any atom is -0.342 e. The molecule has 1 saturated heterocycles. The molecule has 1 fully saturated rings. The van der Waals surface area contributed by atoms with Crippen LogP contribution >= 0.6 is 0 Å². The molecule has 0 unspecified atom stereocenters. The van der Waals surface area contributed by atoms with E-state index < -0.39 is 10.0 Å². The summed E-state index contributed by atoms with van der Waals surface area (Å²) in [5, 5.41) is 0. The molecule has 1 aliphatic rings. The van der Waals surface area contributed by atoms with Gasteiger partial charge in [-0.25, -0.2) is 8.42 Å². The van der Waals surface area contributed by atoms with Crippen molar-refractivity contribution in [2.75, 3.05) is 45.8 Å². The number of benzene rings is 1. The minimum atomic E-state index is -3.50. The van der Waals surface area contributed by atoms with Crippen LogP contribution in [0.15, 0.2) is 23.1 Å². The second-order valence-electron chi connectivity index (χ2n) is 6.87. The molecule has 7 heteroatoms. The Kier molecular flexibility index (Phi) is 7.20. The van der Waals surface area contributed by atoms with E-state index in [-0.39, 0.29) is 5.91 Å². The molecule has 0 saturated carbocycles. The molecule has 0 N–H and O–H groups in total. The van der Waals surface area contributed by atoms with Gasteiger partial charge in [-0.05, 0) is 52.3 Å². The lowest BCUT2D eigenvalue weighted by atomic mass is 10.2. The molecule has 0 atom stereocenters. The largest absolute Gasteiger partial charge is 0.342 e. The van der Waals surface area contributed by atoms with Crippen molar-refractivity contribution < 1.29 is 13.2 Å². The molecule has 0 aliphatic carbocycles. The predicted molar refractivity (Wildman–Crippen MR) is 104 cm³/mol. The monoisotopic (exact) mass is 381 g/mol. The van der Waals surface area contributed by atoms with Crippen LogP contribution < -0.4 is 0 Å². The van der Waals surface area contributed by atoms with Crippen LogP contribution in [0.2, 0.25) is 0 Å². The highest BCUT2D eigenvalue weighted by Crippen LogP contribution is 2.22. The number of aryl methyl sites for hydroxylation is 2. The zero-order valence-electron chi connectivity index (χ0n) is 16.4. The molecule has 6 nitrogen and oxygen atoms in total. The topological polar surface area (TPSA) is 60.9 Å². The molecule has 1 heterocycles. The van der Waals surface area contributed by atoms with Gasteiger partial charge in [-0.3, -0.25) is 9.69 Å². The maximum Gasteiger partial charge on any atom is 0.243 e. The van der Waals surface area contributed by atoms with Gasteiger partial charge in [0.15, 0.2) is 0 Å². The third kappa shape index (κ3) is 4.84. The molecule has 146 valence electrons. The Morgan fingerprint density at radius 3 is 2.38 bits per heavy atom. The SMILES string of the molecule is CCN(CC)C(=O)CN1CCCN(S(=O)(=O)c2ccc(C)cc2C)CC1. The van der Waals surface area contributed by atoms with Crippen LogP contribution in [0, 0.1) is 13.8 Å². The normalized spacial score (nSPS) is 17.1. The summed E-state index contributed by atoms with van der Waals surface area (Å²) in [6.45, 7) is 11.7. The summed E-state index contributed by atoms with van der Waals surface area (Å²) in [7, 11) is -3.50. The van der Waals surface area contributed by atoms with Crippen molar-refractivity contribution in [2.24, 2.45) is 0 Å². The van der Waals surface area contributed by atoms with Gasteiger partial charge in [-0.15, -0.1) is 0 Å². The van der Waals surface area contributed by atoms with E-state index in [4.69, 9.17) is 0 Å². The van der Waals surface area contributed by atoms with Crippen molar-refractivity contribution in [3.8, 4) is 0 Å². The Morgan fingerprint density at radius 1 is 1.08 bits per heavy atom. The Morgan fingerprint density at radius 2 is 1.77 bits per heavy atom. The van der Waals surface area contributed by atoms with Gasteiger partial charge in [0, 0.05) is 32.7 Å². The summed E-state index contributed by atoms with van der Waals surface area (Å²) in [5.41, 5.74) is 1.83. The van der Waals surface area contributed by atoms with E-state index in [9.17, 15) is 13.2 Å². The zero-order valence-corrected chi connectivity index (χ0v) is 17.2. The van der Waals surface area contributed by atoms with Crippen molar-refractivity contribution in [3.63, 3.8) is 0 Å². The van der Waals surface area contributed by atoms with E-state index in [2.05, 4.69) is 4.90 Å². The Hall–Kier alpha value is -1.44. The van der Waals surface area contributed by atoms with Gasteiger partial charge in [-0.2, -0.15) is 4.31 Å². The van der Waals surface area contributed by atoms with Gasteiger partial charge in [0.25, 0.3) is 0 Å². The van der Waals surface area contributed by atoms with E-state index in [1.54, 1.807) is 10.4 Å². The lowest BCUT2D eigenvalue weighted by Crippen LogP contribution is -2.42. The third-order valence-electron chi connectivity index (χ3n) is 4.97. The van der Waals surface area contributed by atoms with Gasteiger partial charge in [-0.1, -0.05) is 17.7 Å². The zero-order chi connectivity index (χ0) is 19.3. The first-order chi connectivity index (χ1) is 12.3. The number of rotatable bonds is 6. The maximum atomic E-state index is 13.0. The summed E-state index contributed by atoms with van der Waals surface area (Å²) in [6, 6.07) is 5.44. The number of carbonyl (C=O) groups is 1. The minimum absolute atomic E-state index is 0.112. The van der Waals surface area contributed by atoms with Gasteiger partial charge < -0.3 is 4.90 Å². The first-order valence-electron chi connectivity index (χ1n) is 9.37. The number of amides is 1. The van der Waals surface area contributed by atoms with E-state index in [1.807, 2.05) is 44.7 Å². The molecule has 26 heavy (non-hydrogen) atoms. The van der Waals surface area contributed by atoms with Crippen LogP contribution in [0.3, 0.4) is 0 Å². The van der Waals surface area contributed by atoms with Gasteiger partial charge in [0.05, 0.1) is 11.4 Å². The second-order valence-corrected chi connectivity index (χ2v) is 8.78. The first-order valence-corrected chi connectivity index (χ1v) is 10.8. The molecule has 1 aromatic carbocycles. The van der Waals surface area contributed by atoms with Crippen molar-refractivity contribution in [3.05, 3.63) is 29.3 Å². The number of hydrogen-bond acceptors (Lipinski definition) is 4. The van der Waals surface area contributed by atoms with Crippen LogP contribution in [0.1, 0.15) is 31.4 Å². The highest BCUT2D eigenvalue weighted by molar-refractivity contribution is 7.89. The number of carbonyl (C=O) groups excluding carboxylic acids is 1. The molecule has 1 amide bonds. The molecular weight excluding hydrogens is 350 g/mol. The predicted octanol–water partition coefficient (Wildman–Crippen LogP) is 1.87. The second kappa shape index (κ2) is 8.97. The standard InChI is InChI=1S/C19H31N3O3S/c1-5-21(6-2)19(23)15-20-10-7-11-22(13-12-20)26(24,25)18-9-8-16(3)14-17(18)4/h8-9,14H,5-7,10-13,15H2,1-4H3. The third-order valence-corrected chi connectivity index (χ3v) is 7.03. The van der Waals surface area contributed by atoms with Crippen molar-refractivity contribution in [1.29, 1.82) is 0 Å². The summed E-state index contributed by atoms with van der Waals surface area (Å²) < 4.78 is 27.6. The molecule has 0 bridgehead atoms. The lowest BCUT2D eigenvalue weighted by Gasteiger charge is -2.25. The average Bonchev–Trinajstić information content (AvgIpc) is 2.81. The van der Waals surface area contributed by atoms with E-state index in [0.29, 0.717) is 44.2 Å². The smallest absolute Gasteiger partial charge is 0.243 e. The van der Waals surface area contributed by atoms with Crippen LogP contribution in [-0.4, -0.2) is 74.2 Å². The molecule has 0 radical (unpaired) electrons. The summed E-state index contributed by atoms with van der Waals surface area (Å²) in [6.07, 6.45) is 0.732. The lowest BCUT2D eigenvalue weighted by molar-refractivity contribution is -0.132. The van der Waals surface area contributed by atoms with Gasteiger partial charge in [0.2, 0.25) is 15.9 Å². The maximum absolute atomic E-state index is 13.0. The van der Waals surface area contributed by atoms with Crippen LogP contribution in [0.25, 0.3) is 0 Å². The molecule has 0 aromatic heterocycles. The van der Waals surface area contributed by atoms with E-state index >= 15 is 0 Å². The van der Waals surface area contributed by atoms with Crippen molar-refractivity contribution in [1.82, 2.24) is 14.1 Å². The number of likely N-dealkylation sites (N-methyl/N-ethyl adjacent to an activating group) is 1. The highest BCUT2D eigenvalue weighted by Gasteiger charge is 2.28. The Bertz CT molecular complexity index is 730. The molecule has 1 aromatic rings. The number of nitrogens with zero attached hydrogens (tertiary/aromatic N) is 3. The highest BCUT2D eigenvalue weighted by atomic mass is 32.2. The molecule has 1 aliphatic heterocycles. The van der Waals surface area contributed by atoms with Crippen LogP contribution in [0.5, 0.6) is 0 Å². The number of sulfonamides is 1. The summed E-state index contributed by atoms with van der Waals surface area (Å²) in [5.74, 6) is 0.112. The Labute approximate surface area is 157 Å². The summed E-state index contributed by atoms with van der Waals surface area (Å²) in [4.78, 5) is 16.6. The molecule has 0 spiro atoms. The fourth-order valence-corrected chi connectivity index (χ4v) is 5.12. The van der Waals surface area contributed by atoms with Crippen LogP contribution in [0.4, 0.5) is 0 Å². The van der Waals surface area contributed by atoms with Crippen molar-refractivity contribution >= 4 is 15.9 Å². The average molecular weight is 382 g/mol. The van der Waals surface area contributed by atoms with E-state index in [1.165, 1.54) is 0 Å². The van der Waals surface area contributed by atoms with Gasteiger partial charge in [0.1, 0.15) is 0 Å². The van der Waals surface area contributed by atoms with Gasteiger partial charge >= 0.3 is 0 Å². The van der Waals surface area contributed by atoms with Crippen molar-refractivity contribution in [2.45, 2.75) is 39.0 Å². The van der Waals surface area contributed by atoms with Crippen LogP contribution in [-0.2, 0) is 14.8 Å². The Balaban J connectivity index is 2.06. The van der Waals surface area contributed by atoms with E-state index in [0.717, 1.165) is 24.1 Å². The fraction of sp³-hybridized carbons (Fsp3) is 0.632. The quantitative estimate of drug-likeness (QED) is 0.755. The summed E-state index contributed by atoms with van der Waals surface area (Å²) >= 11 is 0. The fourth-order valence-electron chi connectivity index (χ4n) is 3.44. The first kappa shape index (κ1) is 20.9. The molecular formula is C19H31N3O3S. The number of hydrogen-bond donors (Lipinski definition) is 0. The molecule has 2 rings (SSSR count).